The van der Waals surface area contributed by atoms with Crippen LogP contribution in [-0.2, 0) is 0 Å². The molecule has 0 heterocycles. The average Bonchev–Trinajstić information content (AvgIpc) is 2.41. The van der Waals surface area contributed by atoms with Crippen LogP contribution in [0, 0.1) is 10.1 Å². The number of halogens is 1. The molecule has 0 spiro atoms. The number of nitro benzene ring substituents is 1. The molecule has 0 saturated carbocycles. The molecule has 19 heavy (non-hydrogen) atoms. The van der Waals surface area contributed by atoms with Crippen LogP contribution in [0.1, 0.15) is 0 Å². The highest BCUT2D eigenvalue weighted by Gasteiger charge is 2.11. The summed E-state index contributed by atoms with van der Waals surface area (Å²) < 4.78 is 0.939. The van der Waals surface area contributed by atoms with E-state index in [0.29, 0.717) is 5.69 Å². The second-order valence-corrected chi connectivity index (χ2v) is 5.62. The van der Waals surface area contributed by atoms with Gasteiger partial charge < -0.3 is 5.43 Å². The largest absolute Gasteiger partial charge is 0.324 e. The van der Waals surface area contributed by atoms with E-state index in [2.05, 4.69) is 21.4 Å². The quantitative estimate of drug-likeness (QED) is 0.503. The first kappa shape index (κ1) is 13.9. The summed E-state index contributed by atoms with van der Waals surface area (Å²) in [6.07, 6.45) is 0. The number of nitro groups is 1. The highest BCUT2D eigenvalue weighted by molar-refractivity contribution is 9.10. The van der Waals surface area contributed by atoms with Crippen molar-refractivity contribution in [2.24, 2.45) is 5.84 Å². The molecule has 0 aromatic heterocycles. The van der Waals surface area contributed by atoms with E-state index < -0.39 is 4.92 Å². The minimum absolute atomic E-state index is 0.00463. The highest BCUT2D eigenvalue weighted by atomic mass is 79.9. The molecule has 0 aliphatic carbocycles. The Morgan fingerprint density at radius 1 is 1.26 bits per heavy atom. The topological polar surface area (TPSA) is 81.2 Å². The van der Waals surface area contributed by atoms with Crippen molar-refractivity contribution in [3.05, 3.63) is 57.1 Å². The molecule has 7 heteroatoms. The SMILES string of the molecule is NNc1cc(Sc2ccccc2Br)cc([N+](=O)[O-])c1. The first-order chi connectivity index (χ1) is 9.10. The van der Waals surface area contributed by atoms with Gasteiger partial charge in [0, 0.05) is 26.4 Å². The molecular formula is C12H10BrN3O2S. The molecule has 0 bridgehead atoms. The summed E-state index contributed by atoms with van der Waals surface area (Å²) >= 11 is 4.87. The number of hydrogen-bond donors (Lipinski definition) is 2. The monoisotopic (exact) mass is 339 g/mol. The van der Waals surface area contributed by atoms with E-state index >= 15 is 0 Å². The predicted molar refractivity (Wildman–Crippen MR) is 79.2 cm³/mol. The Balaban J connectivity index is 2.37. The molecule has 0 saturated heterocycles. The van der Waals surface area contributed by atoms with Crippen molar-refractivity contribution in [3.8, 4) is 0 Å². The molecule has 2 rings (SSSR count). The summed E-state index contributed by atoms with van der Waals surface area (Å²) in [5.74, 6) is 5.32. The molecule has 0 aliphatic heterocycles. The van der Waals surface area contributed by atoms with Crippen LogP contribution < -0.4 is 11.3 Å². The van der Waals surface area contributed by atoms with Crippen LogP contribution in [0.3, 0.4) is 0 Å². The first-order valence-electron chi connectivity index (χ1n) is 5.28. The van der Waals surface area contributed by atoms with E-state index in [1.54, 1.807) is 6.07 Å². The van der Waals surface area contributed by atoms with Crippen molar-refractivity contribution in [2.75, 3.05) is 5.43 Å². The van der Waals surface area contributed by atoms with Gasteiger partial charge in [-0.1, -0.05) is 23.9 Å². The van der Waals surface area contributed by atoms with Gasteiger partial charge in [0.25, 0.3) is 5.69 Å². The number of hydrogen-bond acceptors (Lipinski definition) is 5. The number of nitrogens with one attached hydrogen (secondary N) is 1. The van der Waals surface area contributed by atoms with Gasteiger partial charge in [-0.3, -0.25) is 16.0 Å². The number of benzene rings is 2. The van der Waals surface area contributed by atoms with Gasteiger partial charge in [0.2, 0.25) is 0 Å². The Hall–Kier alpha value is -1.57. The fraction of sp³-hybridized carbons (Fsp3) is 0. The predicted octanol–water partition coefficient (Wildman–Crippen LogP) is 3.79. The molecular weight excluding hydrogens is 330 g/mol. The molecule has 98 valence electrons. The van der Waals surface area contributed by atoms with Crippen LogP contribution in [-0.4, -0.2) is 4.92 Å². The van der Waals surface area contributed by atoms with Gasteiger partial charge in [-0.2, -0.15) is 0 Å². The van der Waals surface area contributed by atoms with Crippen molar-refractivity contribution in [1.29, 1.82) is 0 Å². The van der Waals surface area contributed by atoms with Crippen molar-refractivity contribution in [3.63, 3.8) is 0 Å². The van der Waals surface area contributed by atoms with Gasteiger partial charge in [-0.25, -0.2) is 0 Å². The zero-order chi connectivity index (χ0) is 13.8. The van der Waals surface area contributed by atoms with Gasteiger partial charge in [0.1, 0.15) is 0 Å². The number of nitrogens with zero attached hydrogens (tertiary/aromatic N) is 1. The molecule has 0 amide bonds. The van der Waals surface area contributed by atoms with E-state index in [4.69, 9.17) is 5.84 Å². The lowest BCUT2D eigenvalue weighted by Gasteiger charge is -2.06. The van der Waals surface area contributed by atoms with Gasteiger partial charge in [-0.05, 0) is 34.1 Å². The molecule has 3 N–H and O–H groups in total. The highest BCUT2D eigenvalue weighted by Crippen LogP contribution is 2.36. The average molecular weight is 340 g/mol. The van der Waals surface area contributed by atoms with Crippen LogP contribution >= 0.6 is 27.7 Å². The van der Waals surface area contributed by atoms with Gasteiger partial charge in [0.05, 0.1) is 10.6 Å². The molecule has 0 aliphatic rings. The Kier molecular flexibility index (Phi) is 4.41. The Bertz CT molecular complexity index is 622. The maximum absolute atomic E-state index is 10.9. The number of non-ortho nitro benzene ring substituents is 1. The van der Waals surface area contributed by atoms with Crippen LogP contribution in [0.5, 0.6) is 0 Å². The fourth-order valence-electron chi connectivity index (χ4n) is 1.49. The third kappa shape index (κ3) is 3.46. The minimum atomic E-state index is -0.440. The number of rotatable bonds is 4. The first-order valence-corrected chi connectivity index (χ1v) is 6.89. The van der Waals surface area contributed by atoms with Gasteiger partial charge in [0.15, 0.2) is 0 Å². The Morgan fingerprint density at radius 3 is 2.63 bits per heavy atom. The Labute approximate surface area is 122 Å². The van der Waals surface area contributed by atoms with Crippen LogP contribution in [0.15, 0.2) is 56.7 Å². The second kappa shape index (κ2) is 6.05. The zero-order valence-corrected chi connectivity index (χ0v) is 12.1. The van der Waals surface area contributed by atoms with E-state index in [1.165, 1.54) is 23.9 Å². The number of hydrazine groups is 1. The van der Waals surface area contributed by atoms with Crippen LogP contribution in [0.2, 0.25) is 0 Å². The molecule has 2 aromatic rings. The Morgan fingerprint density at radius 2 is 2.00 bits per heavy atom. The summed E-state index contributed by atoms with van der Waals surface area (Å²) in [6, 6.07) is 12.3. The van der Waals surface area contributed by atoms with Crippen LogP contribution in [0.4, 0.5) is 11.4 Å². The van der Waals surface area contributed by atoms with E-state index in [-0.39, 0.29) is 5.69 Å². The molecule has 0 unspecified atom stereocenters. The van der Waals surface area contributed by atoms with Crippen molar-refractivity contribution < 1.29 is 4.92 Å². The molecule has 0 radical (unpaired) electrons. The molecule has 5 nitrogen and oxygen atoms in total. The molecule has 0 fully saturated rings. The van der Waals surface area contributed by atoms with Crippen molar-refractivity contribution in [2.45, 2.75) is 9.79 Å². The van der Waals surface area contributed by atoms with Gasteiger partial charge in [-0.15, -0.1) is 0 Å². The number of nitrogen functional groups attached to an aromatic ring is 1. The number of nitrogens with two attached hydrogens (primary N) is 1. The van der Waals surface area contributed by atoms with Gasteiger partial charge >= 0.3 is 0 Å². The third-order valence-corrected chi connectivity index (χ3v) is 4.33. The van der Waals surface area contributed by atoms with E-state index in [9.17, 15) is 10.1 Å². The maximum Gasteiger partial charge on any atom is 0.272 e. The van der Waals surface area contributed by atoms with Crippen LogP contribution in [0.25, 0.3) is 0 Å². The summed E-state index contributed by atoms with van der Waals surface area (Å²) in [5, 5.41) is 10.9. The van der Waals surface area contributed by atoms with E-state index in [0.717, 1.165) is 14.3 Å². The van der Waals surface area contributed by atoms with Crippen molar-refractivity contribution >= 4 is 39.1 Å². The summed E-state index contributed by atoms with van der Waals surface area (Å²) in [4.78, 5) is 12.1. The minimum Gasteiger partial charge on any atom is -0.324 e. The fourth-order valence-corrected chi connectivity index (χ4v) is 2.94. The normalized spacial score (nSPS) is 10.2. The third-order valence-electron chi connectivity index (χ3n) is 2.33. The lowest BCUT2D eigenvalue weighted by Crippen LogP contribution is -2.07. The van der Waals surface area contributed by atoms with E-state index in [1.807, 2.05) is 24.3 Å². The second-order valence-electron chi connectivity index (χ2n) is 3.65. The maximum atomic E-state index is 10.9. The summed E-state index contributed by atoms with van der Waals surface area (Å²) in [7, 11) is 0. The smallest absolute Gasteiger partial charge is 0.272 e. The van der Waals surface area contributed by atoms with Crippen molar-refractivity contribution in [1.82, 2.24) is 0 Å². The lowest BCUT2D eigenvalue weighted by atomic mass is 10.3. The standard InChI is InChI=1S/C12H10BrN3O2S/c13-11-3-1-2-4-12(11)19-10-6-8(15-14)5-9(7-10)16(17)18/h1-7,15H,14H2. The summed E-state index contributed by atoms with van der Waals surface area (Å²) in [6.45, 7) is 0. The number of anilines is 1. The molecule has 2 aromatic carbocycles. The molecule has 0 atom stereocenters. The lowest BCUT2D eigenvalue weighted by molar-refractivity contribution is -0.385. The zero-order valence-electron chi connectivity index (χ0n) is 9.67. The summed E-state index contributed by atoms with van der Waals surface area (Å²) in [5.41, 5.74) is 2.94.